The van der Waals surface area contributed by atoms with Gasteiger partial charge in [-0.3, -0.25) is 0 Å². The Kier molecular flexibility index (Phi) is 2.71. The van der Waals surface area contributed by atoms with Crippen molar-refractivity contribution >= 4 is 27.2 Å². The number of nitrogens with zero attached hydrogens (tertiary/aromatic N) is 2. The third-order valence-electron chi connectivity index (χ3n) is 2.62. The highest BCUT2D eigenvalue weighted by Gasteiger charge is 1.98. The first kappa shape index (κ1) is 10.2. The maximum atomic E-state index is 3.95. The zero-order chi connectivity index (χ0) is 11.5. The van der Waals surface area contributed by atoms with Crippen LogP contribution in [0.1, 0.15) is 5.56 Å². The van der Waals surface area contributed by atoms with Crippen molar-refractivity contribution in [2.45, 2.75) is 6.54 Å². The molecule has 3 nitrogen and oxygen atoms in total. The minimum atomic E-state index is 0.778. The van der Waals surface area contributed by atoms with Gasteiger partial charge in [0, 0.05) is 6.54 Å². The van der Waals surface area contributed by atoms with Gasteiger partial charge in [0.05, 0.1) is 0 Å². The lowest BCUT2D eigenvalue weighted by Crippen LogP contribution is -1.98. The molecule has 0 atom stereocenters. The first-order chi connectivity index (χ1) is 8.42. The number of fused-ring (bicyclic) bond motifs is 1. The second-order valence-corrected chi connectivity index (χ2v) is 4.61. The van der Waals surface area contributed by atoms with Crippen molar-refractivity contribution in [3.8, 4) is 0 Å². The molecule has 0 aliphatic rings. The molecule has 0 bridgehead atoms. The summed E-state index contributed by atoms with van der Waals surface area (Å²) in [5.41, 5.74) is 2.97. The maximum Gasteiger partial charge on any atom is 0.205 e. The predicted molar refractivity (Wildman–Crippen MR) is 71.2 cm³/mol. The second kappa shape index (κ2) is 4.51. The van der Waals surface area contributed by atoms with Crippen molar-refractivity contribution in [1.29, 1.82) is 0 Å². The van der Waals surface area contributed by atoms with Gasteiger partial charge in [-0.15, -0.1) is 10.2 Å². The summed E-state index contributed by atoms with van der Waals surface area (Å²) in [7, 11) is 0. The molecule has 0 fully saturated rings. The Balaban J connectivity index is 1.81. The molecule has 3 aromatic rings. The van der Waals surface area contributed by atoms with Crippen LogP contribution in [0.25, 0.3) is 10.8 Å². The van der Waals surface area contributed by atoms with E-state index in [1.807, 2.05) is 0 Å². The molecule has 0 radical (unpaired) electrons. The van der Waals surface area contributed by atoms with Gasteiger partial charge in [0.25, 0.3) is 0 Å². The van der Waals surface area contributed by atoms with E-state index in [4.69, 9.17) is 0 Å². The third-order valence-corrected chi connectivity index (χ3v) is 3.27. The van der Waals surface area contributed by atoms with E-state index in [1.54, 1.807) is 5.51 Å². The highest BCUT2D eigenvalue weighted by molar-refractivity contribution is 7.13. The van der Waals surface area contributed by atoms with Crippen molar-refractivity contribution in [3.05, 3.63) is 53.5 Å². The lowest BCUT2D eigenvalue weighted by Gasteiger charge is -2.04. The Bertz CT molecular complexity index is 619. The Morgan fingerprint density at radius 2 is 1.94 bits per heavy atom. The quantitative estimate of drug-likeness (QED) is 0.764. The number of nitrogens with one attached hydrogen (secondary N) is 1. The van der Waals surface area contributed by atoms with Gasteiger partial charge in [0.2, 0.25) is 5.13 Å². The Labute approximate surface area is 103 Å². The fourth-order valence-corrected chi connectivity index (χ4v) is 2.22. The van der Waals surface area contributed by atoms with Crippen molar-refractivity contribution in [2.75, 3.05) is 5.32 Å². The van der Waals surface area contributed by atoms with Gasteiger partial charge in [-0.2, -0.15) is 0 Å². The molecule has 0 amide bonds. The number of benzene rings is 2. The zero-order valence-electron chi connectivity index (χ0n) is 9.13. The molecule has 4 heteroatoms. The maximum absolute atomic E-state index is 3.95. The van der Waals surface area contributed by atoms with Crippen LogP contribution >= 0.6 is 11.3 Å². The summed E-state index contributed by atoms with van der Waals surface area (Å²) < 4.78 is 0. The van der Waals surface area contributed by atoms with Crippen LogP contribution < -0.4 is 5.32 Å². The first-order valence-electron chi connectivity index (χ1n) is 5.39. The smallest absolute Gasteiger partial charge is 0.205 e. The lowest BCUT2D eigenvalue weighted by molar-refractivity contribution is 1.05. The van der Waals surface area contributed by atoms with E-state index >= 15 is 0 Å². The van der Waals surface area contributed by atoms with Crippen LogP contribution in [0.15, 0.2) is 48.0 Å². The summed E-state index contributed by atoms with van der Waals surface area (Å²) in [6.07, 6.45) is 0. The fourth-order valence-electron chi connectivity index (χ4n) is 1.78. The zero-order valence-corrected chi connectivity index (χ0v) is 9.95. The molecule has 0 spiro atoms. The molecule has 3 rings (SSSR count). The van der Waals surface area contributed by atoms with Gasteiger partial charge in [-0.05, 0) is 22.4 Å². The van der Waals surface area contributed by atoms with Gasteiger partial charge in [0.15, 0.2) is 0 Å². The van der Waals surface area contributed by atoms with Crippen LogP contribution in [0.5, 0.6) is 0 Å². The third kappa shape index (κ3) is 2.26. The Morgan fingerprint density at radius 1 is 1.06 bits per heavy atom. The van der Waals surface area contributed by atoms with Gasteiger partial charge < -0.3 is 5.32 Å². The average Bonchev–Trinajstić information content (AvgIpc) is 2.89. The van der Waals surface area contributed by atoms with Gasteiger partial charge in [-0.25, -0.2) is 0 Å². The first-order valence-corrected chi connectivity index (χ1v) is 6.27. The van der Waals surface area contributed by atoms with E-state index in [9.17, 15) is 0 Å². The largest absolute Gasteiger partial charge is 0.356 e. The summed E-state index contributed by atoms with van der Waals surface area (Å²) in [5.74, 6) is 0. The molecule has 2 aromatic carbocycles. The minimum absolute atomic E-state index is 0.778. The molecule has 1 N–H and O–H groups in total. The lowest BCUT2D eigenvalue weighted by atomic mass is 10.1. The van der Waals surface area contributed by atoms with E-state index in [0.717, 1.165) is 11.7 Å². The number of anilines is 1. The summed E-state index contributed by atoms with van der Waals surface area (Å²) in [6.45, 7) is 0.778. The normalized spacial score (nSPS) is 10.6. The molecule has 0 saturated heterocycles. The average molecular weight is 241 g/mol. The summed E-state index contributed by atoms with van der Waals surface area (Å²) in [5, 5.41) is 14.4. The number of hydrogen-bond donors (Lipinski definition) is 1. The molecular weight excluding hydrogens is 230 g/mol. The van der Waals surface area contributed by atoms with Crippen molar-refractivity contribution in [1.82, 2.24) is 10.2 Å². The minimum Gasteiger partial charge on any atom is -0.356 e. The standard InChI is InChI=1S/C13H11N3S/c1-2-4-12-7-10(5-6-11(12)3-1)8-14-13-16-15-9-17-13/h1-7,9H,8H2,(H,14,16). The van der Waals surface area contributed by atoms with Crippen LogP contribution in [0, 0.1) is 0 Å². The molecule has 17 heavy (non-hydrogen) atoms. The van der Waals surface area contributed by atoms with Crippen LogP contribution in [-0.2, 0) is 6.54 Å². The highest BCUT2D eigenvalue weighted by Crippen LogP contribution is 2.17. The van der Waals surface area contributed by atoms with E-state index in [-0.39, 0.29) is 0 Å². The van der Waals surface area contributed by atoms with Crippen LogP contribution in [-0.4, -0.2) is 10.2 Å². The van der Waals surface area contributed by atoms with E-state index in [0.29, 0.717) is 0 Å². The molecule has 1 aromatic heterocycles. The van der Waals surface area contributed by atoms with Gasteiger partial charge >= 0.3 is 0 Å². The van der Waals surface area contributed by atoms with E-state index in [1.165, 1.54) is 27.7 Å². The number of aromatic nitrogens is 2. The Hall–Kier alpha value is -1.94. The number of hydrogen-bond acceptors (Lipinski definition) is 4. The van der Waals surface area contributed by atoms with Crippen molar-refractivity contribution in [2.24, 2.45) is 0 Å². The fraction of sp³-hybridized carbons (Fsp3) is 0.0769. The SMILES string of the molecule is c1ccc2cc(CNc3nncs3)ccc2c1. The van der Waals surface area contributed by atoms with Crippen molar-refractivity contribution < 1.29 is 0 Å². The molecule has 0 saturated carbocycles. The molecule has 84 valence electrons. The molecule has 0 unspecified atom stereocenters. The predicted octanol–water partition coefficient (Wildman–Crippen LogP) is 3.30. The second-order valence-electron chi connectivity index (χ2n) is 3.78. The summed E-state index contributed by atoms with van der Waals surface area (Å²) in [4.78, 5) is 0. The monoisotopic (exact) mass is 241 g/mol. The van der Waals surface area contributed by atoms with E-state index in [2.05, 4.69) is 58.0 Å². The molecule has 1 heterocycles. The van der Waals surface area contributed by atoms with Crippen LogP contribution in [0.4, 0.5) is 5.13 Å². The topological polar surface area (TPSA) is 37.8 Å². The molecular formula is C13H11N3S. The summed E-state index contributed by atoms with van der Waals surface area (Å²) >= 11 is 1.51. The summed E-state index contributed by atoms with van der Waals surface area (Å²) in [6, 6.07) is 14.8. The molecule has 0 aliphatic heterocycles. The van der Waals surface area contributed by atoms with E-state index < -0.39 is 0 Å². The van der Waals surface area contributed by atoms with Gasteiger partial charge in [0.1, 0.15) is 5.51 Å². The molecule has 0 aliphatic carbocycles. The highest BCUT2D eigenvalue weighted by atomic mass is 32.1. The number of rotatable bonds is 3. The van der Waals surface area contributed by atoms with Crippen LogP contribution in [0.3, 0.4) is 0 Å². The van der Waals surface area contributed by atoms with Crippen molar-refractivity contribution in [3.63, 3.8) is 0 Å². The Morgan fingerprint density at radius 3 is 2.76 bits per heavy atom. The van der Waals surface area contributed by atoms with Gasteiger partial charge in [-0.1, -0.05) is 47.7 Å². The van der Waals surface area contributed by atoms with Crippen LogP contribution in [0.2, 0.25) is 0 Å².